The molecule has 1 aliphatic rings. The first-order valence-electron chi connectivity index (χ1n) is 6.10. The van der Waals surface area contributed by atoms with Gasteiger partial charge in [-0.1, -0.05) is 0 Å². The monoisotopic (exact) mass is 305 g/mol. The summed E-state index contributed by atoms with van der Waals surface area (Å²) in [6.07, 6.45) is 2.99. The largest absolute Gasteiger partial charge is 0.263 e. The predicted molar refractivity (Wildman–Crippen MR) is 76.1 cm³/mol. The molecule has 0 spiro atoms. The van der Waals surface area contributed by atoms with Crippen LogP contribution in [0.1, 0.15) is 22.6 Å². The third kappa shape index (κ3) is 2.40. The molecule has 2 aromatic rings. The van der Waals surface area contributed by atoms with E-state index in [2.05, 4.69) is 9.71 Å². The SMILES string of the molecule is N#Cc1ccc(S(=O)(=O)Nc2nc3c(s2)CCC3)cc1. The average molecular weight is 305 g/mol. The highest BCUT2D eigenvalue weighted by Gasteiger charge is 2.20. The van der Waals surface area contributed by atoms with Gasteiger partial charge in [-0.15, -0.1) is 11.3 Å². The summed E-state index contributed by atoms with van der Waals surface area (Å²) in [5, 5.41) is 9.13. The van der Waals surface area contributed by atoms with Gasteiger partial charge in [0.15, 0.2) is 5.13 Å². The molecule has 7 heteroatoms. The van der Waals surface area contributed by atoms with Crippen molar-refractivity contribution in [2.75, 3.05) is 4.72 Å². The lowest BCUT2D eigenvalue weighted by molar-refractivity contribution is 0.601. The van der Waals surface area contributed by atoms with Crippen LogP contribution in [0.4, 0.5) is 5.13 Å². The fraction of sp³-hybridized carbons (Fsp3) is 0.231. The quantitative estimate of drug-likeness (QED) is 0.943. The molecule has 1 heterocycles. The van der Waals surface area contributed by atoms with Crippen LogP contribution >= 0.6 is 11.3 Å². The molecule has 0 fully saturated rings. The van der Waals surface area contributed by atoms with Crippen LogP contribution in [0, 0.1) is 11.3 Å². The van der Waals surface area contributed by atoms with Crippen LogP contribution in [-0.2, 0) is 22.9 Å². The van der Waals surface area contributed by atoms with Gasteiger partial charge in [0, 0.05) is 4.88 Å². The van der Waals surface area contributed by atoms with Crippen LogP contribution in [0.25, 0.3) is 0 Å². The second-order valence-electron chi connectivity index (χ2n) is 4.48. The Balaban J connectivity index is 1.85. The summed E-state index contributed by atoms with van der Waals surface area (Å²) in [6.45, 7) is 0. The van der Waals surface area contributed by atoms with Crippen LogP contribution in [-0.4, -0.2) is 13.4 Å². The van der Waals surface area contributed by atoms with E-state index in [9.17, 15) is 8.42 Å². The summed E-state index contributed by atoms with van der Waals surface area (Å²) >= 11 is 1.40. The van der Waals surface area contributed by atoms with Crippen LogP contribution in [0.15, 0.2) is 29.2 Å². The number of benzene rings is 1. The maximum absolute atomic E-state index is 12.2. The first-order valence-corrected chi connectivity index (χ1v) is 8.40. The summed E-state index contributed by atoms with van der Waals surface area (Å²) in [5.74, 6) is 0. The molecule has 102 valence electrons. The Labute approximate surface area is 121 Å². The van der Waals surface area contributed by atoms with Gasteiger partial charge >= 0.3 is 0 Å². The maximum Gasteiger partial charge on any atom is 0.263 e. The number of thiazole rings is 1. The zero-order chi connectivity index (χ0) is 14.2. The van der Waals surface area contributed by atoms with Gasteiger partial charge in [0.2, 0.25) is 0 Å². The van der Waals surface area contributed by atoms with E-state index in [4.69, 9.17) is 5.26 Å². The number of nitrogens with zero attached hydrogens (tertiary/aromatic N) is 2. The van der Waals surface area contributed by atoms with E-state index < -0.39 is 10.0 Å². The van der Waals surface area contributed by atoms with Crippen molar-refractivity contribution in [3.05, 3.63) is 40.4 Å². The van der Waals surface area contributed by atoms with Gasteiger partial charge < -0.3 is 0 Å². The summed E-state index contributed by atoms with van der Waals surface area (Å²) in [7, 11) is -3.64. The van der Waals surface area contributed by atoms with E-state index in [1.807, 2.05) is 6.07 Å². The molecule has 0 saturated heterocycles. The van der Waals surface area contributed by atoms with Gasteiger partial charge in [0.05, 0.1) is 22.2 Å². The van der Waals surface area contributed by atoms with Gasteiger partial charge in [-0.3, -0.25) is 4.72 Å². The van der Waals surface area contributed by atoms with E-state index in [1.165, 1.54) is 40.5 Å². The van der Waals surface area contributed by atoms with Crippen molar-refractivity contribution in [2.24, 2.45) is 0 Å². The van der Waals surface area contributed by atoms with E-state index in [1.54, 1.807) is 0 Å². The zero-order valence-corrected chi connectivity index (χ0v) is 12.1. The van der Waals surface area contributed by atoms with Crippen molar-refractivity contribution >= 4 is 26.5 Å². The number of anilines is 1. The van der Waals surface area contributed by atoms with Crippen molar-refractivity contribution in [1.29, 1.82) is 5.26 Å². The Hall–Kier alpha value is -1.91. The lowest BCUT2D eigenvalue weighted by atomic mass is 10.2. The molecular weight excluding hydrogens is 294 g/mol. The van der Waals surface area contributed by atoms with E-state index >= 15 is 0 Å². The molecule has 1 aliphatic carbocycles. The number of hydrogen-bond acceptors (Lipinski definition) is 5. The van der Waals surface area contributed by atoms with E-state index in [0.29, 0.717) is 10.7 Å². The Morgan fingerprint density at radius 1 is 1.25 bits per heavy atom. The summed E-state index contributed by atoms with van der Waals surface area (Å²) in [6, 6.07) is 7.76. The van der Waals surface area contributed by atoms with Gasteiger partial charge in [0.25, 0.3) is 10.0 Å². The summed E-state index contributed by atoms with van der Waals surface area (Å²) in [4.78, 5) is 5.61. The number of nitriles is 1. The van der Waals surface area contributed by atoms with Gasteiger partial charge in [-0.05, 0) is 43.5 Å². The molecule has 1 N–H and O–H groups in total. The predicted octanol–water partition coefficient (Wildman–Crippen LogP) is 2.30. The zero-order valence-electron chi connectivity index (χ0n) is 10.5. The summed E-state index contributed by atoms with van der Waals surface area (Å²) in [5.41, 5.74) is 1.43. The lowest BCUT2D eigenvalue weighted by Gasteiger charge is -2.05. The van der Waals surface area contributed by atoms with Gasteiger partial charge in [0.1, 0.15) is 0 Å². The molecule has 0 bridgehead atoms. The Kier molecular flexibility index (Phi) is 3.20. The minimum absolute atomic E-state index is 0.131. The molecule has 3 rings (SSSR count). The Morgan fingerprint density at radius 2 is 2.00 bits per heavy atom. The fourth-order valence-corrected chi connectivity index (χ4v) is 4.40. The molecular formula is C13H11N3O2S2. The number of nitrogens with one attached hydrogen (secondary N) is 1. The molecule has 0 radical (unpaired) electrons. The molecule has 0 atom stereocenters. The molecule has 0 saturated carbocycles. The Morgan fingerprint density at radius 3 is 2.65 bits per heavy atom. The van der Waals surface area contributed by atoms with Crippen molar-refractivity contribution in [2.45, 2.75) is 24.2 Å². The van der Waals surface area contributed by atoms with E-state index in [-0.39, 0.29) is 4.90 Å². The van der Waals surface area contributed by atoms with Crippen LogP contribution in [0.2, 0.25) is 0 Å². The highest BCUT2D eigenvalue weighted by atomic mass is 32.2. The minimum atomic E-state index is -3.64. The number of fused-ring (bicyclic) bond motifs is 1. The van der Waals surface area contributed by atoms with Crippen LogP contribution < -0.4 is 4.72 Å². The molecule has 1 aromatic carbocycles. The van der Waals surface area contributed by atoms with Gasteiger partial charge in [-0.25, -0.2) is 13.4 Å². The molecule has 20 heavy (non-hydrogen) atoms. The molecule has 1 aromatic heterocycles. The second-order valence-corrected chi connectivity index (χ2v) is 7.25. The Bertz CT molecular complexity index is 765. The number of aromatic nitrogens is 1. The highest BCUT2D eigenvalue weighted by Crippen LogP contribution is 2.31. The number of aryl methyl sites for hydroxylation is 2. The van der Waals surface area contributed by atoms with Crippen molar-refractivity contribution in [3.8, 4) is 6.07 Å². The maximum atomic E-state index is 12.2. The molecule has 0 unspecified atom stereocenters. The minimum Gasteiger partial charge on any atom is -0.255 e. The third-order valence-corrected chi connectivity index (χ3v) is 5.67. The van der Waals surface area contributed by atoms with E-state index in [0.717, 1.165) is 25.0 Å². The first-order chi connectivity index (χ1) is 9.58. The van der Waals surface area contributed by atoms with Crippen molar-refractivity contribution < 1.29 is 8.42 Å². The highest BCUT2D eigenvalue weighted by molar-refractivity contribution is 7.93. The standard InChI is InChI=1S/C13H11N3O2S2/c14-8-9-4-6-10(7-5-9)20(17,18)16-13-15-11-2-1-3-12(11)19-13/h4-7H,1-3H2,(H,15,16). The van der Waals surface area contributed by atoms with Crippen molar-refractivity contribution in [3.63, 3.8) is 0 Å². The lowest BCUT2D eigenvalue weighted by Crippen LogP contribution is -2.12. The molecule has 0 amide bonds. The first kappa shape index (κ1) is 13.1. The smallest absolute Gasteiger partial charge is 0.255 e. The second kappa shape index (κ2) is 4.89. The number of hydrogen-bond donors (Lipinski definition) is 1. The summed E-state index contributed by atoms with van der Waals surface area (Å²) < 4.78 is 26.9. The molecule has 0 aliphatic heterocycles. The third-order valence-electron chi connectivity index (χ3n) is 3.11. The molecule has 5 nitrogen and oxygen atoms in total. The number of rotatable bonds is 3. The topological polar surface area (TPSA) is 82.8 Å². The normalized spacial score (nSPS) is 13.8. The average Bonchev–Trinajstić information content (AvgIpc) is 2.99. The number of sulfonamides is 1. The fourth-order valence-electron chi connectivity index (χ4n) is 2.12. The van der Waals surface area contributed by atoms with Crippen LogP contribution in [0.5, 0.6) is 0 Å². The van der Waals surface area contributed by atoms with Crippen molar-refractivity contribution in [1.82, 2.24) is 4.98 Å². The van der Waals surface area contributed by atoms with Crippen LogP contribution in [0.3, 0.4) is 0 Å². The van der Waals surface area contributed by atoms with Gasteiger partial charge in [-0.2, -0.15) is 5.26 Å².